The number of hydrogen-bond donors (Lipinski definition) is 1. The molecule has 2 aromatic rings. The number of halogens is 2. The zero-order valence-electron chi connectivity index (χ0n) is 10.4. The van der Waals surface area contributed by atoms with Gasteiger partial charge in [-0.15, -0.1) is 0 Å². The Morgan fingerprint density at radius 2 is 1.83 bits per heavy atom. The lowest BCUT2D eigenvalue weighted by Gasteiger charge is -2.10. The van der Waals surface area contributed by atoms with Crippen molar-refractivity contribution in [3.63, 3.8) is 0 Å². The van der Waals surface area contributed by atoms with E-state index in [0.717, 1.165) is 21.3 Å². The molecule has 1 nitrogen and oxygen atoms in total. The van der Waals surface area contributed by atoms with Gasteiger partial charge in [-0.05, 0) is 54.8 Å². The highest BCUT2D eigenvalue weighted by Crippen LogP contribution is 2.20. The fraction of sp³-hybridized carbons (Fsp3) is 0.200. The molecule has 0 heterocycles. The summed E-state index contributed by atoms with van der Waals surface area (Å²) in [5, 5.41) is 3.23. The van der Waals surface area contributed by atoms with Crippen LogP contribution in [0.3, 0.4) is 0 Å². The van der Waals surface area contributed by atoms with Crippen LogP contribution in [-0.4, -0.2) is 0 Å². The molecule has 0 atom stereocenters. The van der Waals surface area contributed by atoms with Crippen LogP contribution in [0.4, 0.5) is 10.1 Å². The molecule has 0 spiro atoms. The number of benzene rings is 2. The molecule has 2 aromatic carbocycles. The second-order valence-electron chi connectivity index (χ2n) is 4.47. The molecule has 0 aliphatic rings. The van der Waals surface area contributed by atoms with Crippen LogP contribution in [0.15, 0.2) is 40.9 Å². The smallest absolute Gasteiger partial charge is 0.125 e. The fourth-order valence-electron chi connectivity index (χ4n) is 1.83. The third kappa shape index (κ3) is 3.33. The second-order valence-corrected chi connectivity index (χ2v) is 5.32. The van der Waals surface area contributed by atoms with Crippen molar-refractivity contribution in [3.8, 4) is 0 Å². The summed E-state index contributed by atoms with van der Waals surface area (Å²) in [6, 6.07) is 11.2. The molecule has 0 amide bonds. The van der Waals surface area contributed by atoms with Crippen molar-refractivity contribution < 1.29 is 4.39 Å². The normalized spacial score (nSPS) is 10.4. The van der Waals surface area contributed by atoms with E-state index >= 15 is 0 Å². The largest absolute Gasteiger partial charge is 0.381 e. The number of rotatable bonds is 3. The summed E-state index contributed by atoms with van der Waals surface area (Å²) in [4.78, 5) is 0. The first-order chi connectivity index (χ1) is 8.54. The van der Waals surface area contributed by atoms with Crippen LogP contribution < -0.4 is 5.32 Å². The zero-order chi connectivity index (χ0) is 13.1. The molecule has 0 saturated carbocycles. The van der Waals surface area contributed by atoms with Gasteiger partial charge in [-0.2, -0.15) is 0 Å². The van der Waals surface area contributed by atoms with Crippen molar-refractivity contribution in [1.29, 1.82) is 0 Å². The highest BCUT2D eigenvalue weighted by molar-refractivity contribution is 9.10. The van der Waals surface area contributed by atoms with E-state index in [1.54, 1.807) is 0 Å². The third-order valence-corrected chi connectivity index (χ3v) is 3.47. The maximum Gasteiger partial charge on any atom is 0.125 e. The van der Waals surface area contributed by atoms with Crippen molar-refractivity contribution in [2.24, 2.45) is 0 Å². The van der Waals surface area contributed by atoms with E-state index in [1.165, 1.54) is 17.7 Å². The Kier molecular flexibility index (Phi) is 4.02. The van der Waals surface area contributed by atoms with Gasteiger partial charge in [-0.1, -0.05) is 28.1 Å². The maximum atomic E-state index is 13.2. The average Bonchev–Trinajstić information content (AvgIpc) is 2.26. The maximum absolute atomic E-state index is 13.2. The molecule has 0 saturated heterocycles. The lowest BCUT2D eigenvalue weighted by atomic mass is 10.1. The molecule has 0 bridgehead atoms. The Bertz CT molecular complexity index is 546. The summed E-state index contributed by atoms with van der Waals surface area (Å²) < 4.78 is 14.3. The van der Waals surface area contributed by atoms with Crippen molar-refractivity contribution in [3.05, 3.63) is 63.4 Å². The first-order valence-corrected chi connectivity index (χ1v) is 6.60. The molecular formula is C15H15BrFN. The van der Waals surface area contributed by atoms with Crippen LogP contribution in [0, 0.1) is 19.7 Å². The van der Waals surface area contributed by atoms with E-state index < -0.39 is 0 Å². The van der Waals surface area contributed by atoms with Gasteiger partial charge in [0.1, 0.15) is 5.82 Å². The van der Waals surface area contributed by atoms with E-state index in [9.17, 15) is 4.39 Å². The lowest BCUT2D eigenvalue weighted by molar-refractivity contribution is 0.627. The highest BCUT2D eigenvalue weighted by Gasteiger charge is 2.01. The van der Waals surface area contributed by atoms with Crippen molar-refractivity contribution in [2.45, 2.75) is 20.4 Å². The van der Waals surface area contributed by atoms with Gasteiger partial charge in [0.2, 0.25) is 0 Å². The van der Waals surface area contributed by atoms with Crippen LogP contribution in [-0.2, 0) is 6.54 Å². The van der Waals surface area contributed by atoms with Crippen molar-refractivity contribution in [2.75, 3.05) is 5.32 Å². The van der Waals surface area contributed by atoms with Gasteiger partial charge in [-0.25, -0.2) is 4.39 Å². The van der Waals surface area contributed by atoms with Crippen LogP contribution >= 0.6 is 15.9 Å². The topological polar surface area (TPSA) is 12.0 Å². The Morgan fingerprint density at radius 3 is 2.50 bits per heavy atom. The molecule has 94 valence electrons. The predicted octanol–water partition coefficient (Wildman–Crippen LogP) is 4.82. The first-order valence-electron chi connectivity index (χ1n) is 5.81. The van der Waals surface area contributed by atoms with Crippen molar-refractivity contribution in [1.82, 2.24) is 0 Å². The Balaban J connectivity index is 2.11. The van der Waals surface area contributed by atoms with E-state index in [0.29, 0.717) is 6.54 Å². The molecule has 3 heteroatoms. The van der Waals surface area contributed by atoms with Gasteiger partial charge in [0, 0.05) is 16.7 Å². The molecule has 1 N–H and O–H groups in total. The standard InChI is InChI=1S/C15H15BrFN/c1-10-3-4-12(15(16)7-10)9-18-14-6-11(2)5-13(17)8-14/h3-8,18H,9H2,1-2H3. The second kappa shape index (κ2) is 5.53. The number of aryl methyl sites for hydroxylation is 2. The van der Waals surface area contributed by atoms with E-state index in [4.69, 9.17) is 0 Å². The first kappa shape index (κ1) is 13.1. The number of nitrogens with one attached hydrogen (secondary N) is 1. The predicted molar refractivity (Wildman–Crippen MR) is 77.3 cm³/mol. The summed E-state index contributed by atoms with van der Waals surface area (Å²) in [7, 11) is 0. The van der Waals surface area contributed by atoms with Gasteiger partial charge in [-0.3, -0.25) is 0 Å². The third-order valence-electron chi connectivity index (χ3n) is 2.73. The van der Waals surface area contributed by atoms with Gasteiger partial charge in [0.25, 0.3) is 0 Å². The zero-order valence-corrected chi connectivity index (χ0v) is 12.0. The van der Waals surface area contributed by atoms with E-state index in [1.807, 2.05) is 13.0 Å². The van der Waals surface area contributed by atoms with Crippen LogP contribution in [0.2, 0.25) is 0 Å². The molecule has 2 rings (SSSR count). The van der Waals surface area contributed by atoms with Crippen LogP contribution in [0.25, 0.3) is 0 Å². The molecule has 18 heavy (non-hydrogen) atoms. The van der Waals surface area contributed by atoms with Crippen LogP contribution in [0.5, 0.6) is 0 Å². The molecule has 0 radical (unpaired) electrons. The van der Waals surface area contributed by atoms with Crippen molar-refractivity contribution >= 4 is 21.6 Å². The monoisotopic (exact) mass is 307 g/mol. The highest BCUT2D eigenvalue weighted by atomic mass is 79.9. The lowest BCUT2D eigenvalue weighted by Crippen LogP contribution is -2.01. The fourth-order valence-corrected chi connectivity index (χ4v) is 2.46. The van der Waals surface area contributed by atoms with Gasteiger partial charge in [0.15, 0.2) is 0 Å². The summed E-state index contributed by atoms with van der Waals surface area (Å²) in [6.45, 7) is 4.61. The average molecular weight is 308 g/mol. The number of hydrogen-bond acceptors (Lipinski definition) is 1. The quantitative estimate of drug-likeness (QED) is 0.857. The molecule has 0 aliphatic heterocycles. The molecule has 0 aromatic heterocycles. The van der Waals surface area contributed by atoms with Gasteiger partial charge < -0.3 is 5.32 Å². The minimum absolute atomic E-state index is 0.208. The van der Waals surface area contributed by atoms with E-state index in [2.05, 4.69) is 46.4 Å². The Hall–Kier alpha value is -1.35. The summed E-state index contributed by atoms with van der Waals surface area (Å²) >= 11 is 3.54. The molecule has 0 fully saturated rings. The molecule has 0 aliphatic carbocycles. The Labute approximate surface area is 115 Å². The van der Waals surface area contributed by atoms with Gasteiger partial charge in [0.05, 0.1) is 0 Å². The minimum Gasteiger partial charge on any atom is -0.381 e. The minimum atomic E-state index is -0.208. The van der Waals surface area contributed by atoms with Crippen LogP contribution in [0.1, 0.15) is 16.7 Å². The number of anilines is 1. The summed E-state index contributed by atoms with van der Waals surface area (Å²) in [5.74, 6) is -0.208. The summed E-state index contributed by atoms with van der Waals surface area (Å²) in [5.41, 5.74) is 4.09. The Morgan fingerprint density at radius 1 is 1.06 bits per heavy atom. The van der Waals surface area contributed by atoms with E-state index in [-0.39, 0.29) is 5.82 Å². The molecular weight excluding hydrogens is 293 g/mol. The molecule has 0 unspecified atom stereocenters. The SMILES string of the molecule is Cc1cc(F)cc(NCc2ccc(C)cc2Br)c1. The van der Waals surface area contributed by atoms with Gasteiger partial charge >= 0.3 is 0 Å². The summed E-state index contributed by atoms with van der Waals surface area (Å²) in [6.07, 6.45) is 0.